The van der Waals surface area contributed by atoms with Crippen molar-refractivity contribution in [3.8, 4) is 0 Å². The number of hydrogen-bond acceptors (Lipinski definition) is 6. The van der Waals surface area contributed by atoms with E-state index in [0.29, 0.717) is 30.8 Å². The predicted molar refractivity (Wildman–Crippen MR) is 80.1 cm³/mol. The van der Waals surface area contributed by atoms with Crippen LogP contribution in [0.5, 0.6) is 0 Å². The maximum Gasteiger partial charge on any atom is 0.269 e. The lowest BCUT2D eigenvalue weighted by Crippen LogP contribution is -2.35. The van der Waals surface area contributed by atoms with E-state index in [2.05, 4.69) is 9.97 Å². The molecular formula is C14H14FN5O3. The van der Waals surface area contributed by atoms with Crippen molar-refractivity contribution >= 4 is 11.6 Å². The van der Waals surface area contributed by atoms with Gasteiger partial charge in [0.15, 0.2) is 0 Å². The van der Waals surface area contributed by atoms with E-state index in [4.69, 9.17) is 5.73 Å². The Morgan fingerprint density at radius 2 is 2.26 bits per heavy atom. The highest BCUT2D eigenvalue weighted by molar-refractivity contribution is 5.35. The van der Waals surface area contributed by atoms with Gasteiger partial charge in [0.25, 0.3) is 11.2 Å². The van der Waals surface area contributed by atoms with Gasteiger partial charge in [-0.3, -0.25) is 24.8 Å². The molecule has 9 heteroatoms. The minimum atomic E-state index is -0.564. The summed E-state index contributed by atoms with van der Waals surface area (Å²) < 4.78 is 13.9. The summed E-state index contributed by atoms with van der Waals surface area (Å²) in [6.07, 6.45) is 0.514. The van der Waals surface area contributed by atoms with Crippen LogP contribution >= 0.6 is 0 Å². The lowest BCUT2D eigenvalue weighted by molar-refractivity contribution is -0.385. The van der Waals surface area contributed by atoms with Crippen LogP contribution in [0.1, 0.15) is 16.8 Å². The first-order valence-corrected chi connectivity index (χ1v) is 6.97. The molecule has 0 bridgehead atoms. The number of aromatic amines is 1. The third-order valence-electron chi connectivity index (χ3n) is 3.80. The smallest absolute Gasteiger partial charge is 0.269 e. The Balaban J connectivity index is 1.84. The maximum absolute atomic E-state index is 13.9. The zero-order valence-electron chi connectivity index (χ0n) is 12.1. The van der Waals surface area contributed by atoms with E-state index in [9.17, 15) is 19.3 Å². The van der Waals surface area contributed by atoms with Gasteiger partial charge in [0.05, 0.1) is 16.2 Å². The quantitative estimate of drug-likeness (QED) is 0.642. The number of benzene rings is 1. The number of nitro benzene ring substituents is 1. The first-order valence-electron chi connectivity index (χ1n) is 6.97. The number of nitro groups is 1. The number of aromatic nitrogens is 2. The first kappa shape index (κ1) is 15.1. The van der Waals surface area contributed by atoms with Gasteiger partial charge in [-0.05, 0) is 6.07 Å². The first-order chi connectivity index (χ1) is 10.9. The number of nitrogens with zero attached hydrogens (tertiary/aromatic N) is 3. The Kier molecular flexibility index (Phi) is 3.78. The summed E-state index contributed by atoms with van der Waals surface area (Å²) in [5.74, 6) is -0.433. The molecule has 0 aliphatic carbocycles. The topological polar surface area (TPSA) is 118 Å². The Morgan fingerprint density at radius 3 is 3.00 bits per heavy atom. The Morgan fingerprint density at radius 1 is 1.48 bits per heavy atom. The van der Waals surface area contributed by atoms with Crippen molar-refractivity contribution < 1.29 is 9.31 Å². The highest BCUT2D eigenvalue weighted by atomic mass is 19.1. The number of nitrogen functional groups attached to an aromatic ring is 1. The molecule has 3 N–H and O–H groups in total. The second-order valence-corrected chi connectivity index (χ2v) is 5.37. The molecule has 0 fully saturated rings. The molecule has 3 rings (SSSR count). The van der Waals surface area contributed by atoms with Gasteiger partial charge in [0.1, 0.15) is 5.82 Å². The molecule has 2 heterocycles. The molecule has 23 heavy (non-hydrogen) atoms. The largest absolute Gasteiger partial charge is 0.369 e. The van der Waals surface area contributed by atoms with Crippen LogP contribution in [0.4, 0.5) is 16.0 Å². The van der Waals surface area contributed by atoms with Crippen molar-refractivity contribution in [2.24, 2.45) is 0 Å². The standard InChI is InChI=1S/C14H14FN5O3/c15-11-2-1-9(20(22)23)5-8(11)6-19-4-3-12-10(7-19)13(21)18-14(16)17-12/h1-2,5H,3-4,6-7H2,(H3,16,17,18,21). The average Bonchev–Trinajstić information content (AvgIpc) is 2.49. The van der Waals surface area contributed by atoms with Gasteiger partial charge in [0, 0.05) is 43.8 Å². The zero-order valence-corrected chi connectivity index (χ0v) is 12.1. The lowest BCUT2D eigenvalue weighted by Gasteiger charge is -2.27. The highest BCUT2D eigenvalue weighted by Crippen LogP contribution is 2.21. The van der Waals surface area contributed by atoms with Gasteiger partial charge in [-0.2, -0.15) is 0 Å². The summed E-state index contributed by atoms with van der Waals surface area (Å²) in [5, 5.41) is 10.8. The van der Waals surface area contributed by atoms with E-state index in [1.54, 1.807) is 0 Å². The number of hydrogen-bond donors (Lipinski definition) is 2. The van der Waals surface area contributed by atoms with E-state index in [-0.39, 0.29) is 29.3 Å². The summed E-state index contributed by atoms with van der Waals surface area (Å²) in [7, 11) is 0. The predicted octanol–water partition coefficient (Wildman–Crippen LogP) is 0.958. The zero-order chi connectivity index (χ0) is 16.6. The number of rotatable bonds is 3. The van der Waals surface area contributed by atoms with Crippen LogP contribution in [-0.2, 0) is 19.5 Å². The molecular weight excluding hydrogens is 305 g/mol. The Labute approximate surface area is 129 Å². The summed E-state index contributed by atoms with van der Waals surface area (Å²) in [4.78, 5) is 30.6. The van der Waals surface area contributed by atoms with Gasteiger partial charge in [-0.15, -0.1) is 0 Å². The lowest BCUT2D eigenvalue weighted by atomic mass is 10.1. The molecule has 0 amide bonds. The minimum absolute atomic E-state index is 0.0759. The van der Waals surface area contributed by atoms with E-state index in [1.165, 1.54) is 6.07 Å². The summed E-state index contributed by atoms with van der Waals surface area (Å²) in [6, 6.07) is 3.43. The van der Waals surface area contributed by atoms with Crippen LogP contribution in [-0.4, -0.2) is 26.3 Å². The SMILES string of the molecule is Nc1nc2c(c(=O)[nH]1)CN(Cc1cc([N+](=O)[O-])ccc1F)CC2. The third-order valence-corrected chi connectivity index (χ3v) is 3.80. The molecule has 1 aromatic carbocycles. The summed E-state index contributed by atoms with van der Waals surface area (Å²) in [6.45, 7) is 1.03. The second-order valence-electron chi connectivity index (χ2n) is 5.37. The fourth-order valence-corrected chi connectivity index (χ4v) is 2.67. The van der Waals surface area contributed by atoms with Crippen LogP contribution in [0.15, 0.2) is 23.0 Å². The van der Waals surface area contributed by atoms with Crippen LogP contribution in [0, 0.1) is 15.9 Å². The maximum atomic E-state index is 13.9. The number of H-pyrrole nitrogens is 1. The van der Waals surface area contributed by atoms with Crippen molar-refractivity contribution in [2.75, 3.05) is 12.3 Å². The second kappa shape index (κ2) is 5.76. The molecule has 0 unspecified atom stereocenters. The number of nitrogens with two attached hydrogens (primary N) is 1. The van der Waals surface area contributed by atoms with E-state index >= 15 is 0 Å². The molecule has 0 saturated heterocycles. The van der Waals surface area contributed by atoms with Gasteiger partial charge >= 0.3 is 0 Å². The monoisotopic (exact) mass is 319 g/mol. The van der Waals surface area contributed by atoms with E-state index in [0.717, 1.165) is 12.1 Å². The van der Waals surface area contributed by atoms with Crippen molar-refractivity contribution in [3.63, 3.8) is 0 Å². The molecule has 0 radical (unpaired) electrons. The molecule has 0 spiro atoms. The number of nitrogens with one attached hydrogen (secondary N) is 1. The fourth-order valence-electron chi connectivity index (χ4n) is 2.67. The molecule has 1 aromatic heterocycles. The molecule has 0 saturated carbocycles. The molecule has 0 atom stereocenters. The Bertz CT molecular complexity index is 836. The number of fused-ring (bicyclic) bond motifs is 1. The van der Waals surface area contributed by atoms with Crippen molar-refractivity contribution in [1.29, 1.82) is 0 Å². The molecule has 120 valence electrons. The van der Waals surface area contributed by atoms with Crippen LogP contribution < -0.4 is 11.3 Å². The van der Waals surface area contributed by atoms with Gasteiger partial charge in [-0.25, -0.2) is 9.37 Å². The van der Waals surface area contributed by atoms with Crippen LogP contribution in [0.3, 0.4) is 0 Å². The summed E-state index contributed by atoms with van der Waals surface area (Å²) >= 11 is 0. The molecule has 1 aliphatic heterocycles. The van der Waals surface area contributed by atoms with Crippen LogP contribution in [0.2, 0.25) is 0 Å². The van der Waals surface area contributed by atoms with Crippen molar-refractivity contribution in [3.05, 3.63) is 61.3 Å². The van der Waals surface area contributed by atoms with Crippen molar-refractivity contribution in [1.82, 2.24) is 14.9 Å². The minimum Gasteiger partial charge on any atom is -0.369 e. The van der Waals surface area contributed by atoms with Gasteiger partial charge in [0.2, 0.25) is 5.95 Å². The molecule has 8 nitrogen and oxygen atoms in total. The number of halogens is 1. The number of non-ortho nitro benzene ring substituents is 1. The van der Waals surface area contributed by atoms with Gasteiger partial charge in [-0.1, -0.05) is 0 Å². The van der Waals surface area contributed by atoms with Crippen molar-refractivity contribution in [2.45, 2.75) is 19.5 Å². The van der Waals surface area contributed by atoms with E-state index in [1.807, 2.05) is 4.90 Å². The molecule has 1 aliphatic rings. The summed E-state index contributed by atoms with van der Waals surface area (Å²) in [5.41, 5.74) is 6.40. The fraction of sp³-hybridized carbons (Fsp3) is 0.286. The van der Waals surface area contributed by atoms with Crippen LogP contribution in [0.25, 0.3) is 0 Å². The molecule has 2 aromatic rings. The van der Waals surface area contributed by atoms with E-state index < -0.39 is 10.7 Å². The average molecular weight is 319 g/mol. The third kappa shape index (κ3) is 3.04. The highest BCUT2D eigenvalue weighted by Gasteiger charge is 2.22. The number of anilines is 1. The normalized spacial score (nSPS) is 14.5. The van der Waals surface area contributed by atoms with Gasteiger partial charge < -0.3 is 5.73 Å². The Hall–Kier alpha value is -2.81.